The van der Waals surface area contributed by atoms with Crippen LogP contribution in [-0.2, 0) is 11.2 Å². The minimum atomic E-state index is -1.99. The number of aromatic nitrogens is 2. The second-order valence-electron chi connectivity index (χ2n) is 10.5. The quantitative estimate of drug-likeness (QED) is 0.257. The predicted molar refractivity (Wildman–Crippen MR) is 161 cm³/mol. The van der Waals surface area contributed by atoms with Crippen LogP contribution >= 0.6 is 11.6 Å². The van der Waals surface area contributed by atoms with E-state index in [4.69, 9.17) is 35.5 Å². The van der Waals surface area contributed by atoms with Crippen molar-refractivity contribution < 1.29 is 24.1 Å². The van der Waals surface area contributed by atoms with Crippen LogP contribution in [0, 0.1) is 0 Å². The van der Waals surface area contributed by atoms with Gasteiger partial charge in [-0.2, -0.15) is 0 Å². The van der Waals surface area contributed by atoms with Crippen molar-refractivity contribution in [1.82, 2.24) is 9.97 Å². The normalized spacial score (nSPS) is 21.4. The molecule has 7 rings (SSSR count). The van der Waals surface area contributed by atoms with Gasteiger partial charge in [0, 0.05) is 23.3 Å². The highest BCUT2D eigenvalue weighted by Gasteiger charge is 2.73. The molecule has 4 aromatic carbocycles. The van der Waals surface area contributed by atoms with Crippen LogP contribution in [0.4, 0.5) is 0 Å². The van der Waals surface area contributed by atoms with E-state index >= 15 is 0 Å². The second-order valence-corrected chi connectivity index (χ2v) is 10.9. The van der Waals surface area contributed by atoms with E-state index in [9.17, 15) is 9.90 Å². The number of ether oxygens (including phenoxy) is 4. The molecule has 0 saturated carbocycles. The zero-order chi connectivity index (χ0) is 29.9. The van der Waals surface area contributed by atoms with Gasteiger partial charge in [-0.25, -0.2) is 4.98 Å². The van der Waals surface area contributed by atoms with E-state index in [0.29, 0.717) is 44.7 Å². The third-order valence-electron chi connectivity index (χ3n) is 8.44. The molecule has 43 heavy (non-hydrogen) atoms. The third-order valence-corrected chi connectivity index (χ3v) is 8.77. The van der Waals surface area contributed by atoms with E-state index in [1.807, 2.05) is 42.5 Å². The number of aromatic amines is 1. The maximum Gasteiger partial charge on any atom is 0.255 e. The molecule has 0 amide bonds. The molecule has 0 bridgehead atoms. The molecule has 9 heteroatoms. The van der Waals surface area contributed by atoms with Crippen LogP contribution in [0.1, 0.15) is 33.9 Å². The number of H-pyrrole nitrogens is 1. The van der Waals surface area contributed by atoms with Gasteiger partial charge in [0.25, 0.3) is 5.56 Å². The van der Waals surface area contributed by atoms with Crippen LogP contribution in [0.15, 0.2) is 95.8 Å². The number of rotatable bonds is 6. The van der Waals surface area contributed by atoms with Gasteiger partial charge in [-0.15, -0.1) is 0 Å². The van der Waals surface area contributed by atoms with Crippen LogP contribution in [-0.4, -0.2) is 36.4 Å². The molecule has 3 atom stereocenters. The van der Waals surface area contributed by atoms with Gasteiger partial charge < -0.3 is 29.0 Å². The molecule has 0 fully saturated rings. The number of aliphatic hydroxyl groups is 1. The van der Waals surface area contributed by atoms with Crippen LogP contribution in [0.3, 0.4) is 0 Å². The average molecular weight is 595 g/mol. The molecule has 0 spiro atoms. The van der Waals surface area contributed by atoms with Crippen molar-refractivity contribution in [1.29, 1.82) is 0 Å². The average Bonchev–Trinajstić information content (AvgIpc) is 3.43. The zero-order valence-corrected chi connectivity index (χ0v) is 24.3. The molecule has 1 unspecified atom stereocenters. The molecule has 2 aliphatic rings. The topological polar surface area (TPSA) is 103 Å². The van der Waals surface area contributed by atoms with Crippen molar-refractivity contribution in [3.8, 4) is 34.4 Å². The Hall–Kier alpha value is -4.79. The zero-order valence-electron chi connectivity index (χ0n) is 23.6. The third kappa shape index (κ3) is 3.66. The SMILES string of the molecule is COc1ccc([C@@]23Oc4cc(OC)cc(OC)c4C2(O)c2nc(-c4ccccc4Cl)[nH]c(=O)c2[C@H]3c2ccccc2)cc1. The standard InChI is InChI=1S/C34H27ClN2O6/c1-40-21-15-13-20(14-16-21)34-28(19-9-5-4-6-10-19)27-30(36-31(37-32(27)38)23-11-7-8-12-24(23)35)33(34,39)29-25(42-3)17-22(41-2)18-26(29)43-34/h4-18,28,39H,1-3H3,(H,36,37,38)/t28-,33?,34+/m1/s1. The summed E-state index contributed by atoms with van der Waals surface area (Å²) in [7, 11) is 4.64. The van der Waals surface area contributed by atoms with Crippen molar-refractivity contribution in [2.45, 2.75) is 17.1 Å². The summed E-state index contributed by atoms with van der Waals surface area (Å²) in [6.45, 7) is 0. The molecule has 1 aliphatic carbocycles. The highest BCUT2D eigenvalue weighted by atomic mass is 35.5. The monoisotopic (exact) mass is 594 g/mol. The Morgan fingerprint density at radius 2 is 1.58 bits per heavy atom. The van der Waals surface area contributed by atoms with Gasteiger partial charge in [0.2, 0.25) is 0 Å². The summed E-state index contributed by atoms with van der Waals surface area (Å²) in [4.78, 5) is 22.2. The Morgan fingerprint density at radius 1 is 0.884 bits per heavy atom. The Kier molecular flexibility index (Phi) is 6.23. The lowest BCUT2D eigenvalue weighted by molar-refractivity contribution is -0.0909. The highest BCUT2D eigenvalue weighted by Crippen LogP contribution is 2.69. The number of hydrogen-bond donors (Lipinski definition) is 2. The number of hydrogen-bond acceptors (Lipinski definition) is 7. The molecule has 216 valence electrons. The van der Waals surface area contributed by atoms with E-state index < -0.39 is 22.7 Å². The van der Waals surface area contributed by atoms with Crippen molar-refractivity contribution >= 4 is 11.6 Å². The fraction of sp³-hybridized carbons (Fsp3) is 0.176. The van der Waals surface area contributed by atoms with Crippen LogP contribution < -0.4 is 24.5 Å². The van der Waals surface area contributed by atoms with Crippen molar-refractivity contribution in [3.63, 3.8) is 0 Å². The largest absolute Gasteiger partial charge is 0.497 e. The maximum atomic E-state index is 14.2. The lowest BCUT2D eigenvalue weighted by atomic mass is 9.70. The second kappa shape index (κ2) is 9.90. The smallest absolute Gasteiger partial charge is 0.255 e. The van der Waals surface area contributed by atoms with Crippen molar-refractivity contribution in [3.05, 3.63) is 134 Å². The van der Waals surface area contributed by atoms with Crippen LogP contribution in [0.2, 0.25) is 5.02 Å². The first-order valence-corrected chi connectivity index (χ1v) is 14.0. The predicted octanol–water partition coefficient (Wildman–Crippen LogP) is 5.79. The summed E-state index contributed by atoms with van der Waals surface area (Å²) in [5.74, 6) is 1.22. The summed E-state index contributed by atoms with van der Waals surface area (Å²) < 4.78 is 23.8. The van der Waals surface area contributed by atoms with Gasteiger partial charge in [-0.05, 0) is 29.8 Å². The molecule has 2 N–H and O–H groups in total. The summed E-state index contributed by atoms with van der Waals surface area (Å²) in [5, 5.41) is 13.8. The van der Waals surface area contributed by atoms with E-state index in [2.05, 4.69) is 4.98 Å². The molecule has 0 radical (unpaired) electrons. The highest BCUT2D eigenvalue weighted by molar-refractivity contribution is 6.33. The summed E-state index contributed by atoms with van der Waals surface area (Å²) in [6.07, 6.45) is 0. The Morgan fingerprint density at radius 3 is 2.26 bits per heavy atom. The lowest BCUT2D eigenvalue weighted by Gasteiger charge is -2.40. The van der Waals surface area contributed by atoms with E-state index in [1.54, 1.807) is 62.8 Å². The van der Waals surface area contributed by atoms with Crippen molar-refractivity contribution in [2.75, 3.05) is 21.3 Å². The fourth-order valence-electron chi connectivity index (χ4n) is 6.61. The first-order valence-electron chi connectivity index (χ1n) is 13.6. The van der Waals surface area contributed by atoms with Crippen LogP contribution in [0.25, 0.3) is 11.4 Å². The Bertz CT molecular complexity index is 1930. The van der Waals surface area contributed by atoms with E-state index in [-0.39, 0.29) is 17.1 Å². The number of benzene rings is 4. The number of methoxy groups -OCH3 is 3. The Labute approximate surface area is 252 Å². The molecular weight excluding hydrogens is 568 g/mol. The minimum absolute atomic E-state index is 0.151. The molecule has 8 nitrogen and oxygen atoms in total. The fourth-order valence-corrected chi connectivity index (χ4v) is 6.83. The van der Waals surface area contributed by atoms with Gasteiger partial charge in [-0.1, -0.05) is 66.2 Å². The number of nitrogens with zero attached hydrogens (tertiary/aromatic N) is 1. The lowest BCUT2D eigenvalue weighted by Crippen LogP contribution is -2.49. The van der Waals surface area contributed by atoms with Gasteiger partial charge in [0.05, 0.1) is 49.1 Å². The maximum absolute atomic E-state index is 14.2. The first kappa shape index (κ1) is 27.1. The van der Waals surface area contributed by atoms with Crippen LogP contribution in [0.5, 0.6) is 23.0 Å². The molecular formula is C34H27ClN2O6. The summed E-state index contributed by atoms with van der Waals surface area (Å²) >= 11 is 6.55. The van der Waals surface area contributed by atoms with Gasteiger partial charge in [0.15, 0.2) is 11.2 Å². The Balaban J connectivity index is 1.64. The minimum Gasteiger partial charge on any atom is -0.497 e. The molecule has 1 aliphatic heterocycles. The number of nitrogens with one attached hydrogen (secondary N) is 1. The number of fused-ring (bicyclic) bond motifs is 5. The summed E-state index contributed by atoms with van der Waals surface area (Å²) in [5.41, 5.74) is -1.32. The molecule has 1 aromatic heterocycles. The molecule has 0 saturated heterocycles. The van der Waals surface area contributed by atoms with Gasteiger partial charge in [-0.3, -0.25) is 4.79 Å². The molecule has 5 aromatic rings. The van der Waals surface area contributed by atoms with E-state index in [1.165, 1.54) is 7.11 Å². The first-order chi connectivity index (χ1) is 20.9. The molecule has 2 heterocycles. The van der Waals surface area contributed by atoms with Crippen molar-refractivity contribution in [2.24, 2.45) is 0 Å². The number of halogens is 1. The van der Waals surface area contributed by atoms with E-state index in [0.717, 1.165) is 5.56 Å². The van der Waals surface area contributed by atoms with Gasteiger partial charge >= 0.3 is 0 Å². The summed E-state index contributed by atoms with van der Waals surface area (Å²) in [6, 6.07) is 27.3. The van der Waals surface area contributed by atoms with Gasteiger partial charge in [0.1, 0.15) is 28.8 Å².